The van der Waals surface area contributed by atoms with Crippen LogP contribution in [0.2, 0.25) is 0 Å². The standard InChI is InChI=1S/C35H34F3N5O2/c1-3-22-27(37)10-9-19-13-21(44)14-25(28(19)22)30-29(38)31-26(16-39-30)33(42(2)32-23-7-4-5-8-24(23)32)41-34(40-31)45-18-35-11-6-12-43(35)17-20(36)15-35/h1,9-10,13-14,16,20,23-24,32,44H,4-8,11-12,15,17-18H2,2H3/t20-,23?,24?,32?,35+/m1/s1. The molecule has 232 valence electrons. The number of alkyl halides is 1. The molecule has 4 atom stereocenters. The first-order chi connectivity index (χ1) is 21.8. The fourth-order valence-electron chi connectivity index (χ4n) is 8.61. The van der Waals surface area contributed by atoms with E-state index in [4.69, 9.17) is 16.1 Å². The van der Waals surface area contributed by atoms with Crippen molar-refractivity contribution in [1.29, 1.82) is 0 Å². The number of pyridine rings is 1. The molecule has 2 aliphatic carbocycles. The molecule has 45 heavy (non-hydrogen) atoms. The maximum absolute atomic E-state index is 16.8. The molecule has 1 N–H and O–H groups in total. The van der Waals surface area contributed by atoms with Gasteiger partial charge in [0, 0.05) is 43.2 Å². The summed E-state index contributed by atoms with van der Waals surface area (Å²) in [7, 11) is 1.98. The van der Waals surface area contributed by atoms with E-state index in [-0.39, 0.29) is 52.1 Å². The van der Waals surface area contributed by atoms with Gasteiger partial charge in [-0.15, -0.1) is 6.42 Å². The number of hydrogen-bond acceptors (Lipinski definition) is 7. The Kier molecular flexibility index (Phi) is 6.61. The van der Waals surface area contributed by atoms with Crippen molar-refractivity contribution in [3.8, 4) is 35.4 Å². The zero-order valence-corrected chi connectivity index (χ0v) is 25.1. The summed E-state index contributed by atoms with van der Waals surface area (Å²) in [4.78, 5) is 18.1. The van der Waals surface area contributed by atoms with Gasteiger partial charge in [-0.1, -0.05) is 24.8 Å². The smallest absolute Gasteiger partial charge is 0.319 e. The Morgan fingerprint density at radius 3 is 2.73 bits per heavy atom. The first-order valence-electron chi connectivity index (χ1n) is 15.8. The summed E-state index contributed by atoms with van der Waals surface area (Å²) >= 11 is 0. The number of phenols is 1. The molecule has 2 aromatic carbocycles. The molecule has 4 aliphatic rings. The Morgan fingerprint density at radius 2 is 1.96 bits per heavy atom. The topological polar surface area (TPSA) is 74.6 Å². The molecular weight excluding hydrogens is 579 g/mol. The van der Waals surface area contributed by atoms with E-state index in [1.807, 2.05) is 7.05 Å². The van der Waals surface area contributed by atoms with Crippen molar-refractivity contribution in [2.75, 3.05) is 31.6 Å². The van der Waals surface area contributed by atoms with Gasteiger partial charge in [0.15, 0.2) is 5.82 Å². The summed E-state index contributed by atoms with van der Waals surface area (Å²) in [5.74, 6) is 2.51. The van der Waals surface area contributed by atoms with Crippen LogP contribution in [-0.2, 0) is 0 Å². The van der Waals surface area contributed by atoms with Crippen LogP contribution < -0.4 is 9.64 Å². The monoisotopic (exact) mass is 613 g/mol. The van der Waals surface area contributed by atoms with Crippen LogP contribution in [0.1, 0.15) is 50.5 Å². The van der Waals surface area contributed by atoms with E-state index in [0.29, 0.717) is 41.4 Å². The number of hydrogen-bond donors (Lipinski definition) is 1. The van der Waals surface area contributed by atoms with Gasteiger partial charge in [0.1, 0.15) is 41.4 Å². The molecule has 2 saturated carbocycles. The molecule has 0 bridgehead atoms. The Bertz CT molecular complexity index is 1880. The lowest BCUT2D eigenvalue weighted by molar-refractivity contribution is 0.107. The molecule has 4 aromatic rings. The summed E-state index contributed by atoms with van der Waals surface area (Å²) in [6, 6.07) is 5.79. The maximum atomic E-state index is 16.8. The van der Waals surface area contributed by atoms with Crippen molar-refractivity contribution < 1.29 is 23.0 Å². The van der Waals surface area contributed by atoms with Gasteiger partial charge in [-0.25, -0.2) is 13.2 Å². The highest BCUT2D eigenvalue weighted by Gasteiger charge is 2.53. The lowest BCUT2D eigenvalue weighted by atomic mass is 9.95. The number of halogens is 3. The zero-order valence-electron chi connectivity index (χ0n) is 25.1. The Morgan fingerprint density at radius 1 is 1.16 bits per heavy atom. The first kappa shape index (κ1) is 28.4. The Labute approximate surface area is 259 Å². The van der Waals surface area contributed by atoms with Gasteiger partial charge < -0.3 is 14.7 Å². The van der Waals surface area contributed by atoms with Crippen LogP contribution >= 0.6 is 0 Å². The molecule has 0 spiro atoms. The van der Waals surface area contributed by atoms with Gasteiger partial charge in [-0.3, -0.25) is 9.88 Å². The second kappa shape index (κ2) is 10.5. The van der Waals surface area contributed by atoms with Crippen LogP contribution in [0.5, 0.6) is 11.8 Å². The third-order valence-corrected chi connectivity index (χ3v) is 10.7. The minimum atomic E-state index is -0.910. The number of rotatable bonds is 6. The normalized spacial score (nSPS) is 27.4. The van der Waals surface area contributed by atoms with E-state index in [1.54, 1.807) is 0 Å². The van der Waals surface area contributed by atoms with E-state index in [0.717, 1.165) is 32.2 Å². The summed E-state index contributed by atoms with van der Waals surface area (Å²) in [6.07, 6.45) is 13.2. The van der Waals surface area contributed by atoms with Crippen molar-refractivity contribution in [3.05, 3.63) is 47.7 Å². The van der Waals surface area contributed by atoms with Crippen LogP contribution in [0.15, 0.2) is 30.5 Å². The number of ether oxygens (including phenoxy) is 1. The average molecular weight is 614 g/mol. The van der Waals surface area contributed by atoms with Crippen molar-refractivity contribution in [1.82, 2.24) is 19.9 Å². The number of aromatic nitrogens is 3. The second-order valence-electron chi connectivity index (χ2n) is 13.2. The van der Waals surface area contributed by atoms with E-state index >= 15 is 4.39 Å². The Hall–Kier alpha value is -4.10. The summed E-state index contributed by atoms with van der Waals surface area (Å²) < 4.78 is 52.3. The van der Waals surface area contributed by atoms with E-state index in [1.165, 1.54) is 43.3 Å². The molecule has 0 amide bonds. The van der Waals surface area contributed by atoms with Gasteiger partial charge in [0.25, 0.3) is 0 Å². The van der Waals surface area contributed by atoms with Gasteiger partial charge >= 0.3 is 6.01 Å². The van der Waals surface area contributed by atoms with E-state index in [9.17, 15) is 13.9 Å². The average Bonchev–Trinajstić information content (AvgIpc) is 3.51. The van der Waals surface area contributed by atoms with Crippen LogP contribution in [0.3, 0.4) is 0 Å². The predicted octanol–water partition coefficient (Wildman–Crippen LogP) is 6.39. The van der Waals surface area contributed by atoms with E-state index < -0.39 is 23.3 Å². The van der Waals surface area contributed by atoms with Gasteiger partial charge in [-0.2, -0.15) is 9.97 Å². The highest BCUT2D eigenvalue weighted by atomic mass is 19.1. The third kappa shape index (κ3) is 4.50. The minimum absolute atomic E-state index is 0.00111. The number of fused-ring (bicyclic) bond motifs is 4. The van der Waals surface area contributed by atoms with Crippen molar-refractivity contribution in [3.63, 3.8) is 0 Å². The fourth-order valence-corrected chi connectivity index (χ4v) is 8.61. The highest BCUT2D eigenvalue weighted by molar-refractivity contribution is 6.03. The summed E-state index contributed by atoms with van der Waals surface area (Å²) in [5.41, 5.74) is -0.439. The lowest BCUT2D eigenvalue weighted by Gasteiger charge is -2.31. The molecule has 4 fully saturated rings. The quantitative estimate of drug-likeness (QED) is 0.253. The minimum Gasteiger partial charge on any atom is -0.508 e. The summed E-state index contributed by atoms with van der Waals surface area (Å²) in [5, 5.41) is 11.7. The number of terminal acetylenes is 1. The maximum Gasteiger partial charge on any atom is 0.319 e. The first-order valence-corrected chi connectivity index (χ1v) is 15.8. The molecule has 2 saturated heterocycles. The molecule has 0 radical (unpaired) electrons. The number of aromatic hydroxyl groups is 1. The molecular formula is C35H34F3N5O2. The van der Waals surface area contributed by atoms with Crippen LogP contribution in [0, 0.1) is 35.8 Å². The van der Waals surface area contributed by atoms with Crippen LogP contribution in [-0.4, -0.2) is 69.5 Å². The van der Waals surface area contributed by atoms with Gasteiger partial charge in [0.2, 0.25) is 0 Å². The number of nitrogens with zero attached hydrogens (tertiary/aromatic N) is 5. The molecule has 2 unspecified atom stereocenters. The number of benzene rings is 2. The lowest BCUT2D eigenvalue weighted by Crippen LogP contribution is -2.43. The Balaban J connectivity index is 1.27. The third-order valence-electron chi connectivity index (χ3n) is 10.7. The molecule has 8 rings (SSSR count). The molecule has 10 heteroatoms. The van der Waals surface area contributed by atoms with Gasteiger partial charge in [-0.05, 0) is 67.6 Å². The fraction of sp³-hybridized carbons (Fsp3) is 0.457. The predicted molar refractivity (Wildman–Crippen MR) is 166 cm³/mol. The van der Waals surface area contributed by atoms with Crippen molar-refractivity contribution in [2.24, 2.45) is 11.8 Å². The van der Waals surface area contributed by atoms with Crippen molar-refractivity contribution in [2.45, 2.75) is 62.7 Å². The van der Waals surface area contributed by atoms with Crippen LogP contribution in [0.25, 0.3) is 32.9 Å². The SMILES string of the molecule is C#Cc1c(F)ccc2cc(O)cc(-c3ncc4c(N(C)C5C6CCCCC65)nc(OC[C@@]56CCCN5C[C@H](F)C6)nc4c3F)c12. The largest absolute Gasteiger partial charge is 0.508 e. The zero-order chi connectivity index (χ0) is 31.0. The number of anilines is 1. The van der Waals surface area contributed by atoms with Crippen molar-refractivity contribution >= 4 is 27.5 Å². The number of phenolic OH excluding ortho intramolecular Hbond substituents is 1. The molecule has 4 heterocycles. The second-order valence-corrected chi connectivity index (χ2v) is 13.2. The van der Waals surface area contributed by atoms with Gasteiger partial charge in [0.05, 0.1) is 16.5 Å². The highest BCUT2D eigenvalue weighted by Crippen LogP contribution is 2.53. The molecule has 7 nitrogen and oxygen atoms in total. The summed E-state index contributed by atoms with van der Waals surface area (Å²) in [6.45, 7) is 1.42. The molecule has 2 aromatic heterocycles. The van der Waals surface area contributed by atoms with E-state index in [2.05, 4.69) is 25.7 Å². The van der Waals surface area contributed by atoms with Crippen LogP contribution in [0.4, 0.5) is 19.0 Å². The molecule has 2 aliphatic heterocycles.